The average Bonchev–Trinajstić information content (AvgIpc) is 3.20. The van der Waals surface area contributed by atoms with Crippen LogP contribution >= 0.6 is 0 Å². The van der Waals surface area contributed by atoms with Crippen molar-refractivity contribution in [1.29, 1.82) is 0 Å². The summed E-state index contributed by atoms with van der Waals surface area (Å²) in [7, 11) is 0. The Morgan fingerprint density at radius 2 is 2.00 bits per heavy atom. The molecule has 0 bridgehead atoms. The number of unbranched alkanes of at least 4 members (excludes halogenated alkanes) is 1. The van der Waals surface area contributed by atoms with Gasteiger partial charge in [0.2, 0.25) is 5.78 Å². The number of esters is 2. The minimum absolute atomic E-state index is 0.111. The van der Waals surface area contributed by atoms with E-state index in [1.807, 2.05) is 0 Å². The molecule has 1 aliphatic carbocycles. The highest BCUT2D eigenvalue weighted by Crippen LogP contribution is 2.43. The van der Waals surface area contributed by atoms with E-state index in [9.17, 15) is 23.2 Å². The Kier molecular flexibility index (Phi) is 6.45. The second-order valence-corrected chi connectivity index (χ2v) is 7.55. The van der Waals surface area contributed by atoms with Crippen molar-refractivity contribution in [2.24, 2.45) is 11.8 Å². The zero-order chi connectivity index (χ0) is 21.0. The average molecular weight is 406 g/mol. The molecule has 29 heavy (non-hydrogen) atoms. The van der Waals surface area contributed by atoms with Crippen molar-refractivity contribution in [1.82, 2.24) is 0 Å². The van der Waals surface area contributed by atoms with Gasteiger partial charge in [0.25, 0.3) is 0 Å². The highest BCUT2D eigenvalue weighted by atomic mass is 19.3. The molecule has 1 saturated carbocycles. The quantitative estimate of drug-likeness (QED) is 0.480. The lowest BCUT2D eigenvalue weighted by atomic mass is 9.91. The second kappa shape index (κ2) is 8.84. The fraction of sp³-hybridized carbons (Fsp3) is 0.500. The second-order valence-electron chi connectivity index (χ2n) is 7.55. The van der Waals surface area contributed by atoms with Gasteiger partial charge in [-0.15, -0.1) is 0 Å². The number of alkyl halides is 2. The topological polar surface area (TPSA) is 69.7 Å². The number of hydrogen-bond donors (Lipinski definition) is 0. The van der Waals surface area contributed by atoms with E-state index in [4.69, 9.17) is 9.47 Å². The normalized spacial score (nSPS) is 26.4. The highest BCUT2D eigenvalue weighted by Gasteiger charge is 2.51. The molecule has 0 N–H and O–H groups in total. The molecule has 5 nitrogen and oxygen atoms in total. The first-order chi connectivity index (χ1) is 13.8. The third kappa shape index (κ3) is 4.89. The first-order valence-corrected chi connectivity index (χ1v) is 9.87. The molecule has 2 aliphatic rings. The van der Waals surface area contributed by atoms with Gasteiger partial charge in [-0.05, 0) is 24.6 Å². The molecule has 3 rings (SSSR count). The van der Waals surface area contributed by atoms with Crippen LogP contribution in [-0.4, -0.2) is 35.9 Å². The van der Waals surface area contributed by atoms with Crippen molar-refractivity contribution in [3.05, 3.63) is 48.0 Å². The molecule has 0 radical (unpaired) electrons. The fourth-order valence-corrected chi connectivity index (χ4v) is 3.91. The third-order valence-corrected chi connectivity index (χ3v) is 5.49. The van der Waals surface area contributed by atoms with E-state index in [2.05, 4.69) is 0 Å². The van der Waals surface area contributed by atoms with Crippen LogP contribution in [-0.2, 0) is 19.1 Å². The van der Waals surface area contributed by atoms with E-state index >= 15 is 0 Å². The zero-order valence-electron chi connectivity index (χ0n) is 16.2. The maximum Gasteiger partial charge on any atom is 0.338 e. The molecule has 0 spiro atoms. The Balaban J connectivity index is 1.74. The summed E-state index contributed by atoms with van der Waals surface area (Å²) in [5.41, 5.74) is 0.367. The molecular formula is C22H24F2O5. The van der Waals surface area contributed by atoms with Gasteiger partial charge in [-0.2, -0.15) is 8.78 Å². The lowest BCUT2D eigenvalue weighted by Gasteiger charge is -2.20. The van der Waals surface area contributed by atoms with Crippen LogP contribution in [0.1, 0.15) is 49.4 Å². The molecule has 1 saturated heterocycles. The van der Waals surface area contributed by atoms with Crippen LogP contribution in [0.5, 0.6) is 0 Å². The Labute approximate surface area is 168 Å². The molecule has 7 heteroatoms. The standard InChI is InChI=1S/C22H24F2O5/c1-2-3-11-22(23,24)19(25)10-9-15-16-12-20(26)28-18(16)13-17(15)29-21(27)14-7-5-4-6-8-14/h4-10,15-18H,2-3,11-13H2,1H3. The Morgan fingerprint density at radius 1 is 1.28 bits per heavy atom. The summed E-state index contributed by atoms with van der Waals surface area (Å²) < 4.78 is 38.8. The number of ketones is 1. The molecule has 0 aromatic heterocycles. The first-order valence-electron chi connectivity index (χ1n) is 9.87. The summed E-state index contributed by atoms with van der Waals surface area (Å²) in [6.45, 7) is 1.78. The minimum Gasteiger partial charge on any atom is -0.462 e. The van der Waals surface area contributed by atoms with Crippen molar-refractivity contribution >= 4 is 17.7 Å². The molecule has 4 atom stereocenters. The van der Waals surface area contributed by atoms with Crippen LogP contribution in [0.15, 0.2) is 42.5 Å². The predicted molar refractivity (Wildman–Crippen MR) is 100 cm³/mol. The molecule has 0 amide bonds. The largest absolute Gasteiger partial charge is 0.462 e. The van der Waals surface area contributed by atoms with Crippen LogP contribution in [0, 0.1) is 11.8 Å². The number of carbonyl (C=O) groups excluding carboxylic acids is 3. The molecule has 1 aromatic carbocycles. The fourth-order valence-electron chi connectivity index (χ4n) is 3.91. The molecule has 2 fully saturated rings. The van der Waals surface area contributed by atoms with E-state index in [0.29, 0.717) is 12.0 Å². The van der Waals surface area contributed by atoms with Gasteiger partial charge in [-0.3, -0.25) is 9.59 Å². The number of allylic oxidation sites excluding steroid dienone is 1. The number of fused-ring (bicyclic) bond motifs is 1. The molecule has 1 aliphatic heterocycles. The number of ether oxygens (including phenoxy) is 2. The lowest BCUT2D eigenvalue weighted by Crippen LogP contribution is -2.28. The maximum atomic E-state index is 14.0. The van der Waals surface area contributed by atoms with Crippen molar-refractivity contribution < 1.29 is 32.6 Å². The van der Waals surface area contributed by atoms with Gasteiger partial charge in [0.1, 0.15) is 12.2 Å². The van der Waals surface area contributed by atoms with E-state index in [0.717, 1.165) is 6.08 Å². The zero-order valence-corrected chi connectivity index (χ0v) is 16.2. The van der Waals surface area contributed by atoms with Crippen molar-refractivity contribution in [2.75, 3.05) is 0 Å². The van der Waals surface area contributed by atoms with E-state index in [1.165, 1.54) is 6.08 Å². The molecule has 1 aromatic rings. The number of hydrogen-bond acceptors (Lipinski definition) is 5. The van der Waals surface area contributed by atoms with Crippen molar-refractivity contribution in [3.63, 3.8) is 0 Å². The molecular weight excluding hydrogens is 382 g/mol. The summed E-state index contributed by atoms with van der Waals surface area (Å²) in [6.07, 6.45) is 1.84. The highest BCUT2D eigenvalue weighted by molar-refractivity contribution is 5.95. The first kappa shape index (κ1) is 21.1. The number of carbonyl (C=O) groups is 3. The van der Waals surface area contributed by atoms with Crippen LogP contribution in [0.25, 0.3) is 0 Å². The Hall–Kier alpha value is -2.57. The van der Waals surface area contributed by atoms with Gasteiger partial charge >= 0.3 is 17.9 Å². The van der Waals surface area contributed by atoms with E-state index in [1.54, 1.807) is 37.3 Å². The van der Waals surface area contributed by atoms with Gasteiger partial charge in [0, 0.05) is 24.7 Å². The molecule has 1 heterocycles. The van der Waals surface area contributed by atoms with E-state index in [-0.39, 0.29) is 31.1 Å². The summed E-state index contributed by atoms with van der Waals surface area (Å²) in [5.74, 6) is -6.45. The van der Waals surface area contributed by atoms with Crippen molar-refractivity contribution in [3.8, 4) is 0 Å². The smallest absolute Gasteiger partial charge is 0.338 e. The van der Waals surface area contributed by atoms with Gasteiger partial charge < -0.3 is 9.47 Å². The van der Waals surface area contributed by atoms with Crippen LogP contribution in [0.2, 0.25) is 0 Å². The number of benzene rings is 1. The van der Waals surface area contributed by atoms with Gasteiger partial charge in [-0.1, -0.05) is 37.6 Å². The SMILES string of the molecule is CCCCC(F)(F)C(=O)C=CC1C(OC(=O)c2ccccc2)CC2OC(=O)CC21. The third-order valence-electron chi connectivity index (χ3n) is 5.49. The maximum absolute atomic E-state index is 14.0. The van der Waals surface area contributed by atoms with Crippen LogP contribution < -0.4 is 0 Å². The Bertz CT molecular complexity index is 790. The minimum atomic E-state index is -3.43. The molecule has 4 unspecified atom stereocenters. The van der Waals surface area contributed by atoms with Gasteiger partial charge in [-0.25, -0.2) is 4.79 Å². The van der Waals surface area contributed by atoms with E-state index < -0.39 is 42.2 Å². The summed E-state index contributed by atoms with van der Waals surface area (Å²) in [6, 6.07) is 8.40. The number of rotatable bonds is 8. The lowest BCUT2D eigenvalue weighted by molar-refractivity contribution is -0.142. The van der Waals surface area contributed by atoms with Gasteiger partial charge in [0.05, 0.1) is 12.0 Å². The predicted octanol–water partition coefficient (Wildman–Crippen LogP) is 4.11. The monoisotopic (exact) mass is 406 g/mol. The number of halogens is 2. The Morgan fingerprint density at radius 3 is 2.69 bits per heavy atom. The van der Waals surface area contributed by atoms with Crippen LogP contribution in [0.3, 0.4) is 0 Å². The summed E-state index contributed by atoms with van der Waals surface area (Å²) in [4.78, 5) is 36.0. The summed E-state index contributed by atoms with van der Waals surface area (Å²) in [5, 5.41) is 0. The van der Waals surface area contributed by atoms with Crippen LogP contribution in [0.4, 0.5) is 8.78 Å². The van der Waals surface area contributed by atoms with Crippen molar-refractivity contribution in [2.45, 2.75) is 57.2 Å². The van der Waals surface area contributed by atoms with Gasteiger partial charge in [0.15, 0.2) is 0 Å². The summed E-state index contributed by atoms with van der Waals surface area (Å²) >= 11 is 0. The molecule has 156 valence electrons.